The summed E-state index contributed by atoms with van der Waals surface area (Å²) in [6.45, 7) is 5.27. The van der Waals surface area contributed by atoms with Crippen molar-refractivity contribution in [2.75, 3.05) is 0 Å². The number of pyridine rings is 1. The Hall–Kier alpha value is -0.410. The fourth-order valence-corrected chi connectivity index (χ4v) is 1.57. The summed E-state index contributed by atoms with van der Waals surface area (Å²) in [7, 11) is 0. The summed E-state index contributed by atoms with van der Waals surface area (Å²) in [6.07, 6.45) is 4.18. The molecule has 0 aliphatic heterocycles. The second-order valence-electron chi connectivity index (χ2n) is 3.36. The van der Waals surface area contributed by atoms with Gasteiger partial charge in [-0.3, -0.25) is 4.98 Å². The normalized spacial score (nSPS) is 10.9. The van der Waals surface area contributed by atoms with Crippen LogP contribution in [0.5, 0.6) is 0 Å². The summed E-state index contributed by atoms with van der Waals surface area (Å²) in [4.78, 5) is 4.31. The zero-order chi connectivity index (χ0) is 10.4. The van der Waals surface area contributed by atoms with Crippen molar-refractivity contribution in [2.45, 2.75) is 39.3 Å². The summed E-state index contributed by atoms with van der Waals surface area (Å²) in [5.74, 6) is 0. The molecule has 0 fully saturated rings. The fraction of sp³-hybridized carbons (Fsp3) is 0.545. The lowest BCUT2D eigenvalue weighted by Crippen LogP contribution is -2.27. The molecule has 0 bridgehead atoms. The summed E-state index contributed by atoms with van der Waals surface area (Å²) in [5.41, 5.74) is 1.10. The molecule has 0 radical (unpaired) electrons. The number of aromatic nitrogens is 1. The number of rotatable bonds is 5. The van der Waals surface area contributed by atoms with Crippen molar-refractivity contribution in [3.8, 4) is 0 Å². The minimum absolute atomic E-state index is 0.612. The summed E-state index contributed by atoms with van der Waals surface area (Å²) >= 11 is 3.37. The Bertz CT molecular complexity index is 254. The van der Waals surface area contributed by atoms with E-state index in [9.17, 15) is 0 Å². The average molecular weight is 257 g/mol. The number of nitrogens with zero attached hydrogens (tertiary/aromatic N) is 1. The van der Waals surface area contributed by atoms with E-state index in [-0.39, 0.29) is 0 Å². The van der Waals surface area contributed by atoms with Crippen LogP contribution in [0.15, 0.2) is 22.8 Å². The first-order chi connectivity index (χ1) is 6.76. The van der Waals surface area contributed by atoms with Gasteiger partial charge in [0.2, 0.25) is 0 Å². The van der Waals surface area contributed by atoms with Crippen LogP contribution in [0.4, 0.5) is 0 Å². The lowest BCUT2D eigenvalue weighted by atomic mass is 10.2. The molecule has 1 N–H and O–H groups in total. The van der Waals surface area contributed by atoms with E-state index >= 15 is 0 Å². The Kier molecular flexibility index (Phi) is 5.12. The van der Waals surface area contributed by atoms with Crippen molar-refractivity contribution >= 4 is 15.9 Å². The molecule has 0 atom stereocenters. The monoisotopic (exact) mass is 256 g/mol. The maximum Gasteiger partial charge on any atom is 0.0542 e. The second-order valence-corrected chi connectivity index (χ2v) is 4.28. The Morgan fingerprint density at radius 2 is 2.07 bits per heavy atom. The van der Waals surface area contributed by atoms with E-state index in [0.29, 0.717) is 6.04 Å². The molecule has 1 heterocycles. The van der Waals surface area contributed by atoms with Crippen LogP contribution in [0.2, 0.25) is 0 Å². The van der Waals surface area contributed by atoms with Crippen molar-refractivity contribution in [2.24, 2.45) is 0 Å². The van der Waals surface area contributed by atoms with Gasteiger partial charge in [0.1, 0.15) is 0 Å². The third kappa shape index (κ3) is 3.76. The lowest BCUT2D eigenvalue weighted by molar-refractivity contribution is 0.480. The molecule has 2 nitrogen and oxygen atoms in total. The van der Waals surface area contributed by atoms with Gasteiger partial charge in [-0.25, -0.2) is 0 Å². The van der Waals surface area contributed by atoms with Crippen molar-refractivity contribution in [1.82, 2.24) is 10.3 Å². The van der Waals surface area contributed by atoms with Crippen LogP contribution >= 0.6 is 15.9 Å². The largest absolute Gasteiger partial charge is 0.308 e. The van der Waals surface area contributed by atoms with E-state index in [1.807, 2.05) is 18.3 Å². The minimum Gasteiger partial charge on any atom is -0.308 e. The SMILES string of the molecule is CCC(CC)NCc1ccc(Br)cn1. The van der Waals surface area contributed by atoms with E-state index < -0.39 is 0 Å². The molecule has 1 aromatic heterocycles. The highest BCUT2D eigenvalue weighted by Gasteiger charge is 2.02. The zero-order valence-electron chi connectivity index (χ0n) is 8.76. The van der Waals surface area contributed by atoms with Crippen molar-refractivity contribution in [3.05, 3.63) is 28.5 Å². The van der Waals surface area contributed by atoms with E-state index in [4.69, 9.17) is 0 Å². The molecule has 0 aromatic carbocycles. The van der Waals surface area contributed by atoms with Crippen molar-refractivity contribution in [3.63, 3.8) is 0 Å². The quantitative estimate of drug-likeness (QED) is 0.876. The highest BCUT2D eigenvalue weighted by molar-refractivity contribution is 9.10. The topological polar surface area (TPSA) is 24.9 Å². The average Bonchev–Trinajstić information content (AvgIpc) is 2.22. The molecule has 1 rings (SSSR count). The fourth-order valence-electron chi connectivity index (χ4n) is 1.34. The molecule has 0 aliphatic rings. The van der Waals surface area contributed by atoms with Crippen LogP contribution in [0.3, 0.4) is 0 Å². The molecule has 0 saturated heterocycles. The first-order valence-electron chi connectivity index (χ1n) is 5.10. The molecule has 0 spiro atoms. The predicted octanol–water partition coefficient (Wildman–Crippen LogP) is 3.12. The van der Waals surface area contributed by atoms with Gasteiger partial charge in [-0.15, -0.1) is 0 Å². The van der Waals surface area contributed by atoms with Gasteiger partial charge in [-0.1, -0.05) is 13.8 Å². The molecule has 14 heavy (non-hydrogen) atoms. The highest BCUT2D eigenvalue weighted by Crippen LogP contribution is 2.07. The van der Waals surface area contributed by atoms with Gasteiger partial charge in [0, 0.05) is 23.3 Å². The van der Waals surface area contributed by atoms with Gasteiger partial charge in [0.25, 0.3) is 0 Å². The molecule has 0 unspecified atom stereocenters. The summed E-state index contributed by atoms with van der Waals surface area (Å²) in [5, 5.41) is 3.48. The number of nitrogens with one attached hydrogen (secondary N) is 1. The highest BCUT2D eigenvalue weighted by atomic mass is 79.9. The lowest BCUT2D eigenvalue weighted by Gasteiger charge is -2.13. The Morgan fingerprint density at radius 1 is 1.36 bits per heavy atom. The van der Waals surface area contributed by atoms with Crippen LogP contribution < -0.4 is 5.32 Å². The summed E-state index contributed by atoms with van der Waals surface area (Å²) < 4.78 is 1.03. The zero-order valence-corrected chi connectivity index (χ0v) is 10.3. The van der Waals surface area contributed by atoms with E-state index in [0.717, 1.165) is 16.7 Å². The van der Waals surface area contributed by atoms with E-state index in [1.165, 1.54) is 12.8 Å². The van der Waals surface area contributed by atoms with Gasteiger partial charge in [0.05, 0.1) is 5.69 Å². The van der Waals surface area contributed by atoms with Crippen LogP contribution in [0.1, 0.15) is 32.4 Å². The van der Waals surface area contributed by atoms with Gasteiger partial charge in [-0.2, -0.15) is 0 Å². The predicted molar refractivity (Wildman–Crippen MR) is 63.1 cm³/mol. The minimum atomic E-state index is 0.612. The first-order valence-corrected chi connectivity index (χ1v) is 5.89. The van der Waals surface area contributed by atoms with Gasteiger partial charge < -0.3 is 5.32 Å². The molecular weight excluding hydrogens is 240 g/mol. The Balaban J connectivity index is 2.41. The second kappa shape index (κ2) is 6.14. The third-order valence-electron chi connectivity index (χ3n) is 2.35. The smallest absolute Gasteiger partial charge is 0.0542 e. The number of hydrogen-bond acceptors (Lipinski definition) is 2. The maximum atomic E-state index is 4.31. The standard InChI is InChI=1S/C11H17BrN2/c1-3-10(4-2)14-8-11-6-5-9(12)7-13-11/h5-7,10,14H,3-4,8H2,1-2H3. The van der Waals surface area contributed by atoms with E-state index in [2.05, 4.69) is 40.1 Å². The number of halogens is 1. The Morgan fingerprint density at radius 3 is 2.57 bits per heavy atom. The van der Waals surface area contributed by atoms with Gasteiger partial charge in [0.15, 0.2) is 0 Å². The third-order valence-corrected chi connectivity index (χ3v) is 2.82. The first kappa shape index (κ1) is 11.7. The van der Waals surface area contributed by atoms with Gasteiger partial charge in [-0.05, 0) is 40.9 Å². The van der Waals surface area contributed by atoms with Crippen molar-refractivity contribution in [1.29, 1.82) is 0 Å². The molecule has 3 heteroatoms. The molecular formula is C11H17BrN2. The molecule has 0 amide bonds. The van der Waals surface area contributed by atoms with Crippen LogP contribution in [0.25, 0.3) is 0 Å². The van der Waals surface area contributed by atoms with Crippen LogP contribution in [-0.4, -0.2) is 11.0 Å². The number of hydrogen-bond donors (Lipinski definition) is 1. The van der Waals surface area contributed by atoms with Gasteiger partial charge >= 0.3 is 0 Å². The summed E-state index contributed by atoms with van der Waals surface area (Å²) in [6, 6.07) is 4.68. The van der Waals surface area contributed by atoms with Crippen LogP contribution in [0, 0.1) is 0 Å². The molecule has 0 saturated carbocycles. The maximum absolute atomic E-state index is 4.31. The van der Waals surface area contributed by atoms with E-state index in [1.54, 1.807) is 0 Å². The van der Waals surface area contributed by atoms with Crippen molar-refractivity contribution < 1.29 is 0 Å². The van der Waals surface area contributed by atoms with Crippen LogP contribution in [-0.2, 0) is 6.54 Å². The molecule has 78 valence electrons. The Labute approximate surface area is 94.3 Å². The molecule has 0 aliphatic carbocycles. The molecule has 1 aromatic rings.